The fraction of sp³-hybridized carbons (Fsp3) is 0.531. The molecule has 5 rings (SSSR count). The van der Waals surface area contributed by atoms with Crippen molar-refractivity contribution >= 4 is 23.8 Å². The first-order valence-corrected chi connectivity index (χ1v) is 14.7. The SMILES string of the molecule is COc1cc(OCC2CCN(C(=O)OC(C)(C)C)CC2)ccc1C(=O)N1CCC(N2C(=O)OCc3ccccc32)CC1. The van der Waals surface area contributed by atoms with Crippen LogP contribution in [-0.4, -0.2) is 79.4 Å². The number of carbonyl (C=O) groups excluding carboxylic acids is 3. The Morgan fingerprint density at radius 3 is 2.33 bits per heavy atom. The molecule has 3 aliphatic heterocycles. The molecule has 2 fully saturated rings. The maximum atomic E-state index is 13.5. The molecule has 0 unspecified atom stereocenters. The Bertz CT molecular complexity index is 1290. The smallest absolute Gasteiger partial charge is 0.414 e. The van der Waals surface area contributed by atoms with Crippen molar-refractivity contribution in [1.29, 1.82) is 0 Å². The van der Waals surface area contributed by atoms with Crippen LogP contribution in [0.1, 0.15) is 62.4 Å². The summed E-state index contributed by atoms with van der Waals surface area (Å²) in [6, 6.07) is 13.1. The number of methoxy groups -OCH3 is 1. The molecule has 0 radical (unpaired) electrons. The summed E-state index contributed by atoms with van der Waals surface area (Å²) in [6.07, 6.45) is 2.39. The third kappa shape index (κ3) is 6.74. The van der Waals surface area contributed by atoms with E-state index in [1.807, 2.05) is 49.9 Å². The van der Waals surface area contributed by atoms with Gasteiger partial charge in [0.05, 0.1) is 25.0 Å². The molecule has 0 saturated carbocycles. The monoisotopic (exact) mass is 579 g/mol. The Morgan fingerprint density at radius 2 is 1.64 bits per heavy atom. The van der Waals surface area contributed by atoms with Gasteiger partial charge >= 0.3 is 12.2 Å². The summed E-state index contributed by atoms with van der Waals surface area (Å²) < 4.78 is 22.5. The summed E-state index contributed by atoms with van der Waals surface area (Å²) in [5.41, 5.74) is 1.87. The van der Waals surface area contributed by atoms with Gasteiger partial charge in [0.15, 0.2) is 0 Å². The lowest BCUT2D eigenvalue weighted by Crippen LogP contribution is -2.50. The second kappa shape index (κ2) is 12.5. The molecule has 2 saturated heterocycles. The molecular formula is C32H41N3O7. The molecule has 42 heavy (non-hydrogen) atoms. The molecule has 2 aromatic rings. The predicted octanol–water partition coefficient (Wildman–Crippen LogP) is 5.48. The van der Waals surface area contributed by atoms with Crippen LogP contribution in [0, 0.1) is 5.92 Å². The molecule has 2 aromatic carbocycles. The number of benzene rings is 2. The largest absolute Gasteiger partial charge is 0.496 e. The number of cyclic esters (lactones) is 1. The van der Waals surface area contributed by atoms with Crippen LogP contribution in [0.15, 0.2) is 42.5 Å². The van der Waals surface area contributed by atoms with Gasteiger partial charge in [-0.25, -0.2) is 9.59 Å². The molecule has 3 heterocycles. The van der Waals surface area contributed by atoms with Gasteiger partial charge in [0.2, 0.25) is 0 Å². The number of likely N-dealkylation sites (tertiary alicyclic amines) is 2. The van der Waals surface area contributed by atoms with Crippen LogP contribution in [-0.2, 0) is 16.1 Å². The highest BCUT2D eigenvalue weighted by molar-refractivity contribution is 5.97. The summed E-state index contributed by atoms with van der Waals surface area (Å²) in [7, 11) is 1.55. The van der Waals surface area contributed by atoms with E-state index in [9.17, 15) is 14.4 Å². The molecule has 0 spiro atoms. The number of piperidine rings is 2. The summed E-state index contributed by atoms with van der Waals surface area (Å²) >= 11 is 0. The van der Waals surface area contributed by atoms with Crippen molar-refractivity contribution in [3.8, 4) is 11.5 Å². The van der Waals surface area contributed by atoms with Crippen molar-refractivity contribution in [2.75, 3.05) is 44.8 Å². The number of anilines is 1. The first kappa shape index (κ1) is 29.5. The van der Waals surface area contributed by atoms with Crippen LogP contribution in [0.25, 0.3) is 0 Å². The fourth-order valence-corrected chi connectivity index (χ4v) is 5.78. The average Bonchev–Trinajstić information content (AvgIpc) is 2.99. The summed E-state index contributed by atoms with van der Waals surface area (Å²) in [5.74, 6) is 1.32. The number of hydrogen-bond donors (Lipinski definition) is 0. The molecule has 0 bridgehead atoms. The van der Waals surface area contributed by atoms with Crippen LogP contribution in [0.3, 0.4) is 0 Å². The van der Waals surface area contributed by atoms with Gasteiger partial charge in [-0.1, -0.05) is 18.2 Å². The van der Waals surface area contributed by atoms with E-state index in [0.717, 1.165) is 24.1 Å². The molecule has 0 aromatic heterocycles. The van der Waals surface area contributed by atoms with E-state index < -0.39 is 5.60 Å². The number of ether oxygens (including phenoxy) is 4. The van der Waals surface area contributed by atoms with Crippen molar-refractivity contribution < 1.29 is 33.3 Å². The van der Waals surface area contributed by atoms with E-state index in [1.54, 1.807) is 35.1 Å². The second-order valence-electron chi connectivity index (χ2n) is 12.2. The summed E-state index contributed by atoms with van der Waals surface area (Å²) in [6.45, 7) is 8.75. The standard InChI is InChI=1S/C32H41N3O7/c1-32(2,3)42-30(37)34-15-11-22(12-16-34)20-40-25-9-10-26(28(19-25)39-4)29(36)33-17-13-24(14-18-33)35-27-8-6-5-7-23(27)21-41-31(35)38/h5-10,19,22,24H,11-18,20-21H2,1-4H3. The minimum Gasteiger partial charge on any atom is -0.496 e. The van der Waals surface area contributed by atoms with E-state index in [4.69, 9.17) is 18.9 Å². The minimum atomic E-state index is -0.504. The summed E-state index contributed by atoms with van der Waals surface area (Å²) in [4.78, 5) is 43.7. The third-order valence-corrected chi connectivity index (χ3v) is 8.07. The fourth-order valence-electron chi connectivity index (χ4n) is 5.78. The molecule has 3 amide bonds. The van der Waals surface area contributed by atoms with Gasteiger partial charge in [-0.05, 0) is 70.6 Å². The van der Waals surface area contributed by atoms with Crippen molar-refractivity contribution in [1.82, 2.24) is 9.80 Å². The molecular weight excluding hydrogens is 538 g/mol. The van der Waals surface area contributed by atoms with Crippen molar-refractivity contribution in [3.05, 3.63) is 53.6 Å². The maximum absolute atomic E-state index is 13.5. The van der Waals surface area contributed by atoms with Gasteiger partial charge < -0.3 is 28.7 Å². The van der Waals surface area contributed by atoms with Crippen molar-refractivity contribution in [2.24, 2.45) is 5.92 Å². The molecule has 10 nitrogen and oxygen atoms in total. The molecule has 0 N–H and O–H groups in total. The number of amides is 3. The normalized spacial score (nSPS) is 18.3. The number of rotatable bonds is 6. The molecule has 0 atom stereocenters. The Morgan fingerprint density at radius 1 is 0.952 bits per heavy atom. The topological polar surface area (TPSA) is 97.8 Å². The predicted molar refractivity (Wildman–Crippen MR) is 157 cm³/mol. The van der Waals surface area contributed by atoms with E-state index >= 15 is 0 Å². The van der Waals surface area contributed by atoms with Gasteiger partial charge in [0.1, 0.15) is 23.7 Å². The lowest BCUT2D eigenvalue weighted by atomic mass is 9.98. The summed E-state index contributed by atoms with van der Waals surface area (Å²) in [5, 5.41) is 0. The number of carbonyl (C=O) groups is 3. The lowest BCUT2D eigenvalue weighted by molar-refractivity contribution is 0.0164. The van der Waals surface area contributed by atoms with E-state index in [1.165, 1.54) is 0 Å². The van der Waals surface area contributed by atoms with E-state index in [0.29, 0.717) is 68.6 Å². The highest BCUT2D eigenvalue weighted by Gasteiger charge is 2.35. The number of fused-ring (bicyclic) bond motifs is 1. The number of nitrogens with zero attached hydrogens (tertiary/aromatic N) is 3. The van der Waals surface area contributed by atoms with Gasteiger partial charge in [-0.15, -0.1) is 0 Å². The van der Waals surface area contributed by atoms with Gasteiger partial charge in [-0.2, -0.15) is 0 Å². The molecule has 0 aliphatic carbocycles. The van der Waals surface area contributed by atoms with Gasteiger partial charge in [-0.3, -0.25) is 9.69 Å². The van der Waals surface area contributed by atoms with Crippen LogP contribution in [0.2, 0.25) is 0 Å². The molecule has 10 heteroatoms. The average molecular weight is 580 g/mol. The zero-order valence-corrected chi connectivity index (χ0v) is 25.0. The van der Waals surface area contributed by atoms with Crippen molar-refractivity contribution in [3.63, 3.8) is 0 Å². The molecule has 3 aliphatic rings. The Labute approximate surface area is 247 Å². The van der Waals surface area contributed by atoms with Crippen LogP contribution < -0.4 is 14.4 Å². The quantitative estimate of drug-likeness (QED) is 0.447. The first-order valence-electron chi connectivity index (χ1n) is 14.7. The Hall–Kier alpha value is -3.95. The highest BCUT2D eigenvalue weighted by atomic mass is 16.6. The number of para-hydroxylation sites is 1. The second-order valence-corrected chi connectivity index (χ2v) is 12.2. The first-order chi connectivity index (χ1) is 20.1. The molecule has 226 valence electrons. The zero-order chi connectivity index (χ0) is 29.9. The minimum absolute atomic E-state index is 0.0309. The maximum Gasteiger partial charge on any atom is 0.414 e. The van der Waals surface area contributed by atoms with E-state index in [-0.39, 0.29) is 30.7 Å². The number of hydrogen-bond acceptors (Lipinski definition) is 7. The van der Waals surface area contributed by atoms with Crippen LogP contribution >= 0.6 is 0 Å². The Kier molecular flexibility index (Phi) is 8.80. The lowest BCUT2D eigenvalue weighted by Gasteiger charge is -2.40. The highest BCUT2D eigenvalue weighted by Crippen LogP contribution is 2.33. The van der Waals surface area contributed by atoms with Crippen molar-refractivity contribution in [2.45, 2.75) is 64.7 Å². The van der Waals surface area contributed by atoms with Gasteiger partial charge in [0.25, 0.3) is 5.91 Å². The zero-order valence-electron chi connectivity index (χ0n) is 25.0. The third-order valence-electron chi connectivity index (χ3n) is 8.07. The van der Waals surface area contributed by atoms with E-state index in [2.05, 4.69) is 0 Å². The van der Waals surface area contributed by atoms with Gasteiger partial charge in [0, 0.05) is 43.9 Å². The Balaban J connectivity index is 1.13. The van der Waals surface area contributed by atoms with Crippen LogP contribution in [0.4, 0.5) is 15.3 Å². The van der Waals surface area contributed by atoms with Crippen LogP contribution in [0.5, 0.6) is 11.5 Å².